The Kier molecular flexibility index (Phi) is 2.77. The number of carbonyl (C=O) groups is 1. The van der Waals surface area contributed by atoms with Crippen molar-refractivity contribution in [2.24, 2.45) is 5.73 Å². The highest BCUT2D eigenvalue weighted by molar-refractivity contribution is 7.82. The molecular weight excluding hydrogens is 186 g/mol. The molecule has 2 amide bonds. The summed E-state index contributed by atoms with van der Waals surface area (Å²) in [6.07, 6.45) is 0. The maximum atomic E-state index is 10.8. The molecule has 0 saturated carbocycles. The highest BCUT2D eigenvalue weighted by Gasteiger charge is 2.09. The lowest BCUT2D eigenvalue weighted by molar-refractivity contribution is 0.257. The molecule has 0 atom stereocenters. The van der Waals surface area contributed by atoms with Gasteiger partial charge in [0.15, 0.2) is 0 Å². The van der Waals surface area contributed by atoms with E-state index in [1.807, 2.05) is 19.9 Å². The number of thiol groups is 1. The molecular formula is C8H11N3OS. The molecule has 0 aliphatic rings. The van der Waals surface area contributed by atoms with E-state index >= 15 is 0 Å². The number of nitrogens with two attached hydrogens (primary N) is 1. The number of pyridine rings is 1. The Morgan fingerprint density at radius 2 is 2.15 bits per heavy atom. The molecule has 0 fully saturated rings. The van der Waals surface area contributed by atoms with Crippen LogP contribution in [0.4, 0.5) is 10.6 Å². The van der Waals surface area contributed by atoms with E-state index in [1.54, 1.807) is 6.07 Å². The number of anilines is 1. The predicted octanol–water partition coefficient (Wildman–Crippen LogP) is 1.43. The van der Waals surface area contributed by atoms with Gasteiger partial charge in [-0.05, 0) is 31.5 Å². The Bertz CT molecular complexity index is 320. The summed E-state index contributed by atoms with van der Waals surface area (Å²) in [5.41, 5.74) is 6.88. The van der Waals surface area contributed by atoms with Crippen LogP contribution >= 0.6 is 12.8 Å². The summed E-state index contributed by atoms with van der Waals surface area (Å²) >= 11 is 3.91. The van der Waals surface area contributed by atoms with Crippen LogP contribution in [-0.4, -0.2) is 11.0 Å². The third-order valence-electron chi connectivity index (χ3n) is 1.51. The number of rotatable bonds is 1. The van der Waals surface area contributed by atoms with Gasteiger partial charge in [-0.3, -0.25) is 0 Å². The average molecular weight is 197 g/mol. The van der Waals surface area contributed by atoms with Gasteiger partial charge in [0.05, 0.1) is 0 Å². The first-order valence-electron chi connectivity index (χ1n) is 3.74. The predicted molar refractivity (Wildman–Crippen MR) is 54.8 cm³/mol. The zero-order valence-electron chi connectivity index (χ0n) is 7.48. The number of hydrogen-bond acceptors (Lipinski definition) is 3. The zero-order valence-corrected chi connectivity index (χ0v) is 8.38. The summed E-state index contributed by atoms with van der Waals surface area (Å²) in [5, 5.41) is 0. The number of nitrogens with zero attached hydrogens (tertiary/aromatic N) is 2. The molecule has 1 heterocycles. The first kappa shape index (κ1) is 9.85. The molecule has 1 aromatic rings. The van der Waals surface area contributed by atoms with Gasteiger partial charge in [0.25, 0.3) is 0 Å². The smallest absolute Gasteiger partial charge is 0.330 e. The third kappa shape index (κ3) is 2.35. The van der Waals surface area contributed by atoms with Gasteiger partial charge in [-0.25, -0.2) is 14.1 Å². The van der Waals surface area contributed by atoms with Crippen LogP contribution in [0.15, 0.2) is 12.1 Å². The molecule has 0 radical (unpaired) electrons. The zero-order chi connectivity index (χ0) is 10.0. The van der Waals surface area contributed by atoms with E-state index in [0.29, 0.717) is 5.82 Å². The molecule has 0 bridgehead atoms. The number of aryl methyl sites for hydroxylation is 2. The second-order valence-corrected chi connectivity index (χ2v) is 3.19. The fourth-order valence-electron chi connectivity index (χ4n) is 1.04. The Hall–Kier alpha value is -1.23. The van der Waals surface area contributed by atoms with Gasteiger partial charge in [0.2, 0.25) is 0 Å². The minimum absolute atomic E-state index is 0.452. The minimum Gasteiger partial charge on any atom is -0.350 e. The summed E-state index contributed by atoms with van der Waals surface area (Å²) in [5.74, 6) is 0.452. The monoisotopic (exact) mass is 197 g/mol. The van der Waals surface area contributed by atoms with E-state index < -0.39 is 6.03 Å². The van der Waals surface area contributed by atoms with Crippen molar-refractivity contribution in [1.29, 1.82) is 0 Å². The molecule has 5 heteroatoms. The molecule has 0 saturated heterocycles. The standard InChI is InChI=1S/C8H11N3OS/c1-5-3-6(2)10-7(4-5)11(13)8(9)12/h3-4,13H,1-2H3,(H2,9,12). The van der Waals surface area contributed by atoms with Crippen LogP contribution in [0, 0.1) is 13.8 Å². The second-order valence-electron chi connectivity index (χ2n) is 2.79. The summed E-state index contributed by atoms with van der Waals surface area (Å²) in [6, 6.07) is 3.01. The van der Waals surface area contributed by atoms with Gasteiger partial charge in [-0.1, -0.05) is 12.8 Å². The van der Waals surface area contributed by atoms with Crippen LogP contribution < -0.4 is 10.0 Å². The van der Waals surface area contributed by atoms with Crippen molar-refractivity contribution in [3.8, 4) is 0 Å². The number of carbonyl (C=O) groups excluding carboxylic acids is 1. The molecule has 1 rings (SSSR count). The highest BCUT2D eigenvalue weighted by Crippen LogP contribution is 2.15. The van der Waals surface area contributed by atoms with Crippen molar-refractivity contribution < 1.29 is 4.79 Å². The lowest BCUT2D eigenvalue weighted by Gasteiger charge is -2.12. The second kappa shape index (κ2) is 3.66. The Balaban J connectivity index is 3.07. The van der Waals surface area contributed by atoms with Crippen molar-refractivity contribution in [3.63, 3.8) is 0 Å². The van der Waals surface area contributed by atoms with Crippen LogP contribution in [0.5, 0.6) is 0 Å². The molecule has 13 heavy (non-hydrogen) atoms. The minimum atomic E-state index is -0.638. The lowest BCUT2D eigenvalue weighted by Crippen LogP contribution is -2.28. The van der Waals surface area contributed by atoms with Gasteiger partial charge in [0, 0.05) is 5.69 Å². The van der Waals surface area contributed by atoms with Crippen LogP contribution in [0.3, 0.4) is 0 Å². The molecule has 0 unspecified atom stereocenters. The molecule has 4 nitrogen and oxygen atoms in total. The van der Waals surface area contributed by atoms with Crippen LogP contribution in [0.1, 0.15) is 11.3 Å². The number of urea groups is 1. The summed E-state index contributed by atoms with van der Waals surface area (Å²) in [7, 11) is 0. The van der Waals surface area contributed by atoms with E-state index in [-0.39, 0.29) is 0 Å². The van der Waals surface area contributed by atoms with Gasteiger partial charge in [-0.2, -0.15) is 0 Å². The van der Waals surface area contributed by atoms with Crippen LogP contribution in [0.25, 0.3) is 0 Å². The van der Waals surface area contributed by atoms with Gasteiger partial charge in [-0.15, -0.1) is 0 Å². The number of amides is 2. The van der Waals surface area contributed by atoms with Crippen LogP contribution in [0.2, 0.25) is 0 Å². The summed E-state index contributed by atoms with van der Waals surface area (Å²) < 4.78 is 1.01. The fourth-order valence-corrected chi connectivity index (χ4v) is 1.14. The maximum Gasteiger partial charge on any atom is 0.330 e. The highest BCUT2D eigenvalue weighted by atomic mass is 32.1. The van der Waals surface area contributed by atoms with Crippen molar-refractivity contribution >= 4 is 24.7 Å². The molecule has 0 aromatic carbocycles. The average Bonchev–Trinajstić information content (AvgIpc) is 2.01. The first-order valence-corrected chi connectivity index (χ1v) is 4.14. The van der Waals surface area contributed by atoms with E-state index in [4.69, 9.17) is 5.73 Å². The maximum absolute atomic E-state index is 10.8. The van der Waals surface area contributed by atoms with E-state index in [0.717, 1.165) is 15.6 Å². The molecule has 1 aromatic heterocycles. The van der Waals surface area contributed by atoms with Crippen molar-refractivity contribution in [1.82, 2.24) is 4.98 Å². The normalized spacial score (nSPS) is 9.77. The van der Waals surface area contributed by atoms with Crippen molar-refractivity contribution in [2.75, 3.05) is 4.31 Å². The molecule has 0 aliphatic carbocycles. The molecule has 0 aliphatic heterocycles. The quantitative estimate of drug-likeness (QED) is 0.669. The van der Waals surface area contributed by atoms with Gasteiger partial charge < -0.3 is 5.73 Å². The third-order valence-corrected chi connectivity index (χ3v) is 1.91. The van der Waals surface area contributed by atoms with Crippen LogP contribution in [-0.2, 0) is 0 Å². The summed E-state index contributed by atoms with van der Waals surface area (Å²) in [6.45, 7) is 3.76. The SMILES string of the molecule is Cc1cc(C)nc(N(S)C(N)=O)c1. The first-order chi connectivity index (χ1) is 6.00. The Labute approximate surface area is 82.3 Å². The fraction of sp³-hybridized carbons (Fsp3) is 0.250. The van der Waals surface area contributed by atoms with Gasteiger partial charge in [0.1, 0.15) is 5.82 Å². The largest absolute Gasteiger partial charge is 0.350 e. The van der Waals surface area contributed by atoms with Crippen molar-refractivity contribution in [3.05, 3.63) is 23.4 Å². The Morgan fingerprint density at radius 1 is 1.54 bits per heavy atom. The lowest BCUT2D eigenvalue weighted by atomic mass is 10.2. The molecule has 0 spiro atoms. The van der Waals surface area contributed by atoms with E-state index in [2.05, 4.69) is 17.8 Å². The number of hydrogen-bond donors (Lipinski definition) is 2. The molecule has 70 valence electrons. The topological polar surface area (TPSA) is 59.2 Å². The van der Waals surface area contributed by atoms with Crippen molar-refractivity contribution in [2.45, 2.75) is 13.8 Å². The van der Waals surface area contributed by atoms with E-state index in [9.17, 15) is 4.79 Å². The summed E-state index contributed by atoms with van der Waals surface area (Å²) in [4.78, 5) is 14.9. The number of primary amides is 1. The van der Waals surface area contributed by atoms with E-state index in [1.165, 1.54) is 0 Å². The number of aromatic nitrogens is 1. The Morgan fingerprint density at radius 3 is 2.62 bits per heavy atom. The van der Waals surface area contributed by atoms with Gasteiger partial charge >= 0.3 is 6.03 Å². The molecule has 2 N–H and O–H groups in total.